The second-order valence-electron chi connectivity index (χ2n) is 18.4. The normalized spacial score (nSPS) is 29.9. The molecule has 0 aliphatic heterocycles. The Balaban J connectivity index is 0.980. The van der Waals surface area contributed by atoms with Crippen molar-refractivity contribution in [3.05, 3.63) is 70.8 Å². The summed E-state index contributed by atoms with van der Waals surface area (Å²) < 4.78 is 11.9. The first kappa shape index (κ1) is 40.7. The van der Waals surface area contributed by atoms with E-state index in [1.807, 2.05) is 12.1 Å². The summed E-state index contributed by atoms with van der Waals surface area (Å²) in [6, 6.07) is 17.1. The number of carbonyl (C=O) groups excluding carboxylic acids is 1. The molecule has 53 heavy (non-hydrogen) atoms. The number of ether oxygens (including phenoxy) is 2. The molecule has 0 amide bonds. The van der Waals surface area contributed by atoms with Crippen LogP contribution in [0.3, 0.4) is 0 Å². The molecule has 3 nitrogen and oxygen atoms in total. The van der Waals surface area contributed by atoms with Crippen LogP contribution in [-0.4, -0.2) is 20.0 Å². The molecule has 6 rings (SSSR count). The maximum atomic E-state index is 14.1. The van der Waals surface area contributed by atoms with Gasteiger partial charge in [0.15, 0.2) is 0 Å². The quantitative estimate of drug-likeness (QED) is 0.0926. The van der Waals surface area contributed by atoms with Crippen LogP contribution in [0.2, 0.25) is 0 Å². The first-order valence-corrected chi connectivity index (χ1v) is 22.8. The summed E-state index contributed by atoms with van der Waals surface area (Å²) in [7, 11) is 3.20. The zero-order valence-corrected chi connectivity index (χ0v) is 34.4. The maximum absolute atomic E-state index is 14.1. The molecule has 0 bridgehead atoms. The van der Waals surface area contributed by atoms with Gasteiger partial charge >= 0.3 is 0 Å². The van der Waals surface area contributed by atoms with E-state index < -0.39 is 5.79 Å². The van der Waals surface area contributed by atoms with Gasteiger partial charge in [0.05, 0.1) is 0 Å². The standard InChI is InChI=1S/C50H76O3/c1-5-7-9-11-37-13-17-39(18-14-37)41-21-25-43(26-22-41)45-29-31-47(32-30-45)49(51)50(52-3,53-4)48-35-33-46(34-36-48)44-27-23-42(24-28-44)40-19-15-38(16-20-40)12-10-8-6-2/h29-44H,5-28H2,1-4H3. The van der Waals surface area contributed by atoms with Crippen LogP contribution in [0.1, 0.15) is 207 Å². The largest absolute Gasteiger partial charge is 0.343 e. The second-order valence-corrected chi connectivity index (χ2v) is 18.4. The van der Waals surface area contributed by atoms with Crippen molar-refractivity contribution in [3.8, 4) is 0 Å². The van der Waals surface area contributed by atoms with Gasteiger partial charge < -0.3 is 9.47 Å². The van der Waals surface area contributed by atoms with Gasteiger partial charge in [-0.05, 0) is 136 Å². The molecule has 4 aliphatic rings. The molecule has 0 N–H and O–H groups in total. The third-order valence-electron chi connectivity index (χ3n) is 15.4. The second kappa shape index (κ2) is 20.3. The van der Waals surface area contributed by atoms with E-state index in [1.165, 1.54) is 165 Å². The molecular weight excluding hydrogens is 649 g/mol. The monoisotopic (exact) mass is 725 g/mol. The van der Waals surface area contributed by atoms with Crippen molar-refractivity contribution in [3.63, 3.8) is 0 Å². The smallest absolute Gasteiger partial charge is 0.260 e. The molecule has 0 aromatic heterocycles. The van der Waals surface area contributed by atoms with Crippen molar-refractivity contribution in [1.82, 2.24) is 0 Å². The SMILES string of the molecule is CCCCCC1CCC(C2CCC(c3ccc(C(=O)C(OC)(OC)c4ccc(C5CCC(C6CCC(CCCCC)CC6)CC5)cc4)cc3)CC2)CC1. The third kappa shape index (κ3) is 10.3. The van der Waals surface area contributed by atoms with E-state index in [0.717, 1.165) is 41.1 Å². The summed E-state index contributed by atoms with van der Waals surface area (Å²) >= 11 is 0. The van der Waals surface area contributed by atoms with E-state index in [9.17, 15) is 4.79 Å². The summed E-state index contributed by atoms with van der Waals surface area (Å²) in [6.07, 6.45) is 33.7. The molecule has 3 heteroatoms. The highest BCUT2D eigenvalue weighted by atomic mass is 16.7. The highest BCUT2D eigenvalue weighted by molar-refractivity contribution is 6.02. The third-order valence-corrected chi connectivity index (χ3v) is 15.4. The van der Waals surface area contributed by atoms with E-state index in [0.29, 0.717) is 17.4 Å². The fourth-order valence-corrected chi connectivity index (χ4v) is 11.8. The van der Waals surface area contributed by atoms with E-state index in [2.05, 4.69) is 50.2 Å². The van der Waals surface area contributed by atoms with E-state index >= 15 is 0 Å². The number of rotatable bonds is 17. The Morgan fingerprint density at radius 2 is 0.868 bits per heavy atom. The van der Waals surface area contributed by atoms with Crippen molar-refractivity contribution in [2.24, 2.45) is 35.5 Å². The average molecular weight is 725 g/mol. The molecule has 294 valence electrons. The fraction of sp³-hybridized carbons (Fsp3) is 0.740. The van der Waals surface area contributed by atoms with Crippen molar-refractivity contribution in [2.75, 3.05) is 14.2 Å². The highest BCUT2D eigenvalue weighted by Gasteiger charge is 2.42. The molecule has 4 aliphatic carbocycles. The van der Waals surface area contributed by atoms with Crippen molar-refractivity contribution < 1.29 is 14.3 Å². The molecule has 2 aromatic carbocycles. The number of carbonyl (C=O) groups is 1. The lowest BCUT2D eigenvalue weighted by Gasteiger charge is -2.38. The molecular formula is C50H76O3. The van der Waals surface area contributed by atoms with E-state index in [4.69, 9.17) is 9.47 Å². The van der Waals surface area contributed by atoms with Gasteiger partial charge in [0, 0.05) is 25.3 Å². The van der Waals surface area contributed by atoms with Gasteiger partial charge in [-0.3, -0.25) is 4.79 Å². The lowest BCUT2D eigenvalue weighted by atomic mass is 9.68. The van der Waals surface area contributed by atoms with E-state index in [-0.39, 0.29) is 5.78 Å². The van der Waals surface area contributed by atoms with Gasteiger partial charge in [0.25, 0.3) is 5.79 Å². The molecule has 0 saturated heterocycles. The predicted octanol–water partition coefficient (Wildman–Crippen LogP) is 14.3. The molecule has 4 fully saturated rings. The Morgan fingerprint density at radius 1 is 0.509 bits per heavy atom. The zero-order valence-electron chi connectivity index (χ0n) is 34.4. The van der Waals surface area contributed by atoms with Gasteiger partial charge in [0.2, 0.25) is 5.78 Å². The molecule has 0 radical (unpaired) electrons. The van der Waals surface area contributed by atoms with Gasteiger partial charge in [-0.2, -0.15) is 0 Å². The Hall–Kier alpha value is -1.97. The zero-order chi connectivity index (χ0) is 37.0. The average Bonchev–Trinajstić information content (AvgIpc) is 3.23. The summed E-state index contributed by atoms with van der Waals surface area (Å²) in [5.41, 5.74) is 4.21. The van der Waals surface area contributed by atoms with Gasteiger partial charge in [-0.1, -0.05) is 139 Å². The summed E-state index contributed by atoms with van der Waals surface area (Å²) in [5, 5.41) is 0. The lowest BCUT2D eigenvalue weighted by molar-refractivity contribution is -0.176. The highest BCUT2D eigenvalue weighted by Crippen LogP contribution is 2.46. The summed E-state index contributed by atoms with van der Waals surface area (Å²) in [4.78, 5) is 14.1. The Morgan fingerprint density at radius 3 is 1.23 bits per heavy atom. The molecule has 2 aromatic rings. The lowest BCUT2D eigenvalue weighted by Crippen LogP contribution is -2.40. The number of ketones is 1. The topological polar surface area (TPSA) is 35.5 Å². The van der Waals surface area contributed by atoms with Gasteiger partial charge in [-0.25, -0.2) is 0 Å². The van der Waals surface area contributed by atoms with Crippen molar-refractivity contribution >= 4 is 5.78 Å². The van der Waals surface area contributed by atoms with Crippen molar-refractivity contribution in [2.45, 2.75) is 186 Å². The first-order chi connectivity index (χ1) is 26.0. The van der Waals surface area contributed by atoms with Crippen LogP contribution in [0, 0.1) is 35.5 Å². The van der Waals surface area contributed by atoms with Crippen LogP contribution < -0.4 is 0 Å². The Bertz CT molecular complexity index is 1330. The van der Waals surface area contributed by atoms with Crippen LogP contribution in [0.5, 0.6) is 0 Å². The van der Waals surface area contributed by atoms with Gasteiger partial charge in [-0.15, -0.1) is 0 Å². The van der Waals surface area contributed by atoms with E-state index in [1.54, 1.807) is 14.2 Å². The van der Waals surface area contributed by atoms with Crippen LogP contribution in [0.4, 0.5) is 0 Å². The molecule has 0 unspecified atom stereocenters. The minimum absolute atomic E-state index is 0.128. The van der Waals surface area contributed by atoms with Crippen LogP contribution in [-0.2, 0) is 15.3 Å². The predicted molar refractivity (Wildman–Crippen MR) is 221 cm³/mol. The molecule has 0 atom stereocenters. The number of unbranched alkanes of at least 4 members (excludes halogenated alkanes) is 4. The number of hydrogen-bond acceptors (Lipinski definition) is 3. The van der Waals surface area contributed by atoms with Gasteiger partial charge in [0.1, 0.15) is 0 Å². The Kier molecular flexibility index (Phi) is 15.6. The minimum Gasteiger partial charge on any atom is -0.343 e. The van der Waals surface area contributed by atoms with Crippen LogP contribution in [0.25, 0.3) is 0 Å². The van der Waals surface area contributed by atoms with Crippen LogP contribution >= 0.6 is 0 Å². The first-order valence-electron chi connectivity index (χ1n) is 22.8. The van der Waals surface area contributed by atoms with Crippen molar-refractivity contribution in [1.29, 1.82) is 0 Å². The number of methoxy groups -OCH3 is 2. The number of benzene rings is 2. The molecule has 4 saturated carbocycles. The molecule has 0 spiro atoms. The van der Waals surface area contributed by atoms with Crippen LogP contribution in [0.15, 0.2) is 48.5 Å². The number of Topliss-reactive ketones (excluding diaryl/α,β-unsaturated/α-hetero) is 1. The summed E-state index contributed by atoms with van der Waals surface area (Å²) in [5.74, 6) is 5.40. The maximum Gasteiger partial charge on any atom is 0.260 e. The minimum atomic E-state index is -1.44. The molecule has 0 heterocycles. The fourth-order valence-electron chi connectivity index (χ4n) is 11.8. The summed E-state index contributed by atoms with van der Waals surface area (Å²) in [6.45, 7) is 4.64. The number of hydrogen-bond donors (Lipinski definition) is 0. The Labute approximate surface area is 325 Å².